The Kier molecular flexibility index (Phi) is 5.19. The number of benzene rings is 2. The number of methoxy groups -OCH3 is 1. The highest BCUT2D eigenvalue weighted by Gasteiger charge is 2.39. The summed E-state index contributed by atoms with van der Waals surface area (Å²) in [5.74, 6) is 0.591. The summed E-state index contributed by atoms with van der Waals surface area (Å²) in [6, 6.07) is 14.0. The van der Waals surface area contributed by atoms with Crippen LogP contribution in [0.5, 0.6) is 0 Å². The van der Waals surface area contributed by atoms with Gasteiger partial charge in [-0.2, -0.15) is 0 Å². The lowest BCUT2D eigenvalue weighted by molar-refractivity contribution is 0.0937. The maximum absolute atomic E-state index is 12.7. The second kappa shape index (κ2) is 7.75. The molecule has 1 aliphatic heterocycles. The summed E-state index contributed by atoms with van der Waals surface area (Å²) in [5.41, 5.74) is 3.83. The summed E-state index contributed by atoms with van der Waals surface area (Å²) in [5, 5.41) is 7.33. The third kappa shape index (κ3) is 3.35. The maximum atomic E-state index is 12.7. The van der Waals surface area contributed by atoms with Crippen LogP contribution in [0.15, 0.2) is 54.6 Å². The first-order valence-corrected chi connectivity index (χ1v) is 9.66. The molecule has 0 fully saturated rings. The Hall–Kier alpha value is -2.30. The maximum Gasteiger partial charge on any atom is 0.253 e. The Morgan fingerprint density at radius 1 is 1.22 bits per heavy atom. The quantitative estimate of drug-likeness (QED) is 0.589. The molecule has 1 amide bonds. The van der Waals surface area contributed by atoms with Crippen LogP contribution < -0.4 is 10.6 Å². The van der Waals surface area contributed by atoms with Crippen molar-refractivity contribution in [2.75, 3.05) is 25.6 Å². The van der Waals surface area contributed by atoms with Gasteiger partial charge in [-0.05, 0) is 35.6 Å². The minimum Gasteiger partial charge on any atom is -0.383 e. The highest BCUT2D eigenvalue weighted by Crippen LogP contribution is 2.51. The van der Waals surface area contributed by atoms with E-state index in [-0.39, 0.29) is 17.9 Å². The van der Waals surface area contributed by atoms with Crippen LogP contribution in [0, 0.1) is 5.92 Å². The lowest BCUT2D eigenvalue weighted by Gasteiger charge is -2.38. The van der Waals surface area contributed by atoms with Gasteiger partial charge in [0.15, 0.2) is 0 Å². The first-order valence-electron chi connectivity index (χ1n) is 9.28. The van der Waals surface area contributed by atoms with E-state index in [1.807, 2.05) is 30.3 Å². The molecular weight excluding hydrogens is 360 g/mol. The van der Waals surface area contributed by atoms with E-state index in [4.69, 9.17) is 16.3 Å². The van der Waals surface area contributed by atoms with Gasteiger partial charge in [0.2, 0.25) is 0 Å². The van der Waals surface area contributed by atoms with E-state index in [9.17, 15) is 4.79 Å². The van der Waals surface area contributed by atoms with Crippen LogP contribution in [-0.4, -0.2) is 26.2 Å². The number of ether oxygens (including phenoxy) is 1. The van der Waals surface area contributed by atoms with Crippen molar-refractivity contribution >= 4 is 23.2 Å². The van der Waals surface area contributed by atoms with Crippen molar-refractivity contribution in [2.45, 2.75) is 18.4 Å². The number of hydrogen-bond acceptors (Lipinski definition) is 3. The number of anilines is 1. The molecule has 2 aliphatic rings. The molecule has 0 saturated carbocycles. The Morgan fingerprint density at radius 2 is 2.04 bits per heavy atom. The molecule has 2 aromatic rings. The third-order valence-electron chi connectivity index (χ3n) is 5.47. The number of hydrogen-bond donors (Lipinski definition) is 2. The van der Waals surface area contributed by atoms with Crippen molar-refractivity contribution in [2.24, 2.45) is 5.92 Å². The van der Waals surface area contributed by atoms with Crippen LogP contribution in [0.4, 0.5) is 5.69 Å². The predicted molar refractivity (Wildman–Crippen MR) is 108 cm³/mol. The molecule has 1 heterocycles. The second-order valence-corrected chi connectivity index (χ2v) is 7.42. The summed E-state index contributed by atoms with van der Waals surface area (Å²) < 4.78 is 5.03. The number of fused-ring (bicyclic) bond motifs is 3. The van der Waals surface area contributed by atoms with Crippen LogP contribution in [0.3, 0.4) is 0 Å². The highest BCUT2D eigenvalue weighted by atomic mass is 35.5. The van der Waals surface area contributed by atoms with Crippen molar-refractivity contribution in [3.8, 4) is 0 Å². The van der Waals surface area contributed by atoms with Crippen molar-refractivity contribution in [3.05, 3.63) is 76.3 Å². The Balaban J connectivity index is 1.72. The number of halogens is 1. The van der Waals surface area contributed by atoms with E-state index < -0.39 is 0 Å². The van der Waals surface area contributed by atoms with E-state index >= 15 is 0 Å². The normalized spacial score (nSPS) is 22.7. The van der Waals surface area contributed by atoms with E-state index in [1.165, 1.54) is 5.56 Å². The molecule has 0 spiro atoms. The lowest BCUT2D eigenvalue weighted by Crippen LogP contribution is -2.33. The van der Waals surface area contributed by atoms with Crippen molar-refractivity contribution in [1.82, 2.24) is 5.32 Å². The Bertz CT molecular complexity index is 880. The standard InChI is InChI=1S/C22H23ClN2O2/c1-27-13-12-24-22(26)18-10-5-9-16-14-7-4-8-15(14)20(25-21(16)18)17-6-2-3-11-19(17)23/h2-7,9-11,14-15,20,25H,8,12-13H2,1H3,(H,24,26). The molecule has 2 aromatic carbocycles. The molecule has 0 saturated heterocycles. The zero-order chi connectivity index (χ0) is 18.8. The molecule has 4 nitrogen and oxygen atoms in total. The van der Waals surface area contributed by atoms with E-state index in [0.717, 1.165) is 22.7 Å². The van der Waals surface area contributed by atoms with Gasteiger partial charge < -0.3 is 15.4 Å². The summed E-state index contributed by atoms with van der Waals surface area (Å²) >= 11 is 6.51. The number of carbonyl (C=O) groups is 1. The zero-order valence-electron chi connectivity index (χ0n) is 15.2. The molecule has 3 atom stereocenters. The molecule has 5 heteroatoms. The minimum atomic E-state index is -0.0882. The minimum absolute atomic E-state index is 0.0686. The van der Waals surface area contributed by atoms with Crippen LogP contribution >= 0.6 is 11.6 Å². The van der Waals surface area contributed by atoms with Crippen molar-refractivity contribution < 1.29 is 9.53 Å². The van der Waals surface area contributed by atoms with Gasteiger partial charge in [0.25, 0.3) is 5.91 Å². The molecule has 27 heavy (non-hydrogen) atoms. The fourth-order valence-electron chi connectivity index (χ4n) is 4.21. The van der Waals surface area contributed by atoms with Gasteiger partial charge in [-0.25, -0.2) is 0 Å². The molecule has 2 N–H and O–H groups in total. The van der Waals surface area contributed by atoms with E-state index in [2.05, 4.69) is 34.9 Å². The molecular formula is C22H23ClN2O2. The number of amides is 1. The first-order chi connectivity index (χ1) is 13.2. The number of rotatable bonds is 5. The Morgan fingerprint density at radius 3 is 2.85 bits per heavy atom. The molecule has 4 rings (SSSR count). The topological polar surface area (TPSA) is 50.4 Å². The molecule has 0 radical (unpaired) electrons. The lowest BCUT2D eigenvalue weighted by atomic mass is 9.76. The molecule has 0 bridgehead atoms. The number of carbonyl (C=O) groups excluding carboxylic acids is 1. The summed E-state index contributed by atoms with van der Waals surface area (Å²) in [6.07, 6.45) is 5.50. The van der Waals surface area contributed by atoms with Gasteiger partial charge in [0.05, 0.1) is 23.9 Å². The smallest absolute Gasteiger partial charge is 0.253 e. The monoisotopic (exact) mass is 382 g/mol. The van der Waals surface area contributed by atoms with Crippen LogP contribution in [0.25, 0.3) is 0 Å². The van der Waals surface area contributed by atoms with E-state index in [0.29, 0.717) is 24.6 Å². The molecule has 0 aromatic heterocycles. The largest absolute Gasteiger partial charge is 0.383 e. The third-order valence-corrected chi connectivity index (χ3v) is 5.82. The van der Waals surface area contributed by atoms with E-state index in [1.54, 1.807) is 7.11 Å². The summed E-state index contributed by atoms with van der Waals surface area (Å²) in [7, 11) is 1.62. The van der Waals surface area contributed by atoms with Crippen molar-refractivity contribution in [3.63, 3.8) is 0 Å². The molecule has 140 valence electrons. The summed E-state index contributed by atoms with van der Waals surface area (Å²) in [4.78, 5) is 12.7. The van der Waals surface area contributed by atoms with Gasteiger partial charge >= 0.3 is 0 Å². The fourth-order valence-corrected chi connectivity index (χ4v) is 4.46. The number of para-hydroxylation sites is 1. The van der Waals surface area contributed by atoms with Gasteiger partial charge in [0.1, 0.15) is 0 Å². The average Bonchev–Trinajstić information content (AvgIpc) is 3.18. The van der Waals surface area contributed by atoms with Crippen LogP contribution in [0.2, 0.25) is 5.02 Å². The van der Waals surface area contributed by atoms with Gasteiger partial charge in [-0.1, -0.05) is 54.1 Å². The average molecular weight is 383 g/mol. The Labute approximate surface area is 164 Å². The summed E-state index contributed by atoms with van der Waals surface area (Å²) in [6.45, 7) is 0.975. The van der Waals surface area contributed by atoms with Gasteiger partial charge in [-0.3, -0.25) is 4.79 Å². The van der Waals surface area contributed by atoms with Crippen molar-refractivity contribution in [1.29, 1.82) is 0 Å². The molecule has 3 unspecified atom stereocenters. The zero-order valence-corrected chi connectivity index (χ0v) is 16.0. The predicted octanol–water partition coefficient (Wildman–Crippen LogP) is 4.54. The number of allylic oxidation sites excluding steroid dienone is 2. The highest BCUT2D eigenvalue weighted by molar-refractivity contribution is 6.31. The molecule has 1 aliphatic carbocycles. The first kappa shape index (κ1) is 18.1. The fraction of sp³-hybridized carbons (Fsp3) is 0.318. The van der Waals surface area contributed by atoms with Crippen LogP contribution in [-0.2, 0) is 4.74 Å². The van der Waals surface area contributed by atoms with Gasteiger partial charge in [-0.15, -0.1) is 0 Å². The van der Waals surface area contributed by atoms with Gasteiger partial charge in [0, 0.05) is 24.6 Å². The van der Waals surface area contributed by atoms with Crippen LogP contribution in [0.1, 0.15) is 39.9 Å². The SMILES string of the molecule is COCCNC(=O)c1cccc2c1NC(c1ccccc1Cl)C1CC=CC21. The second-order valence-electron chi connectivity index (χ2n) is 7.02. The number of nitrogens with one attached hydrogen (secondary N) is 2.